The molecule has 0 atom stereocenters. The fourth-order valence-corrected chi connectivity index (χ4v) is 3.75. The van der Waals surface area contributed by atoms with E-state index in [0.717, 1.165) is 27.3 Å². The van der Waals surface area contributed by atoms with E-state index in [1.165, 1.54) is 14.2 Å². The van der Waals surface area contributed by atoms with Crippen molar-refractivity contribution in [2.75, 3.05) is 24.4 Å². The lowest BCUT2D eigenvalue weighted by Gasteiger charge is -2.17. The van der Waals surface area contributed by atoms with Gasteiger partial charge in [-0.1, -0.05) is 35.9 Å². The Balaban J connectivity index is 1.84. The lowest BCUT2D eigenvalue weighted by Crippen LogP contribution is -2.32. The monoisotopic (exact) mass is 442 g/mol. The molecule has 0 aromatic heterocycles. The van der Waals surface area contributed by atoms with E-state index in [0.29, 0.717) is 28.3 Å². The largest absolute Gasteiger partial charge is 0.497 e. The second-order valence-electron chi connectivity index (χ2n) is 8.06. The van der Waals surface area contributed by atoms with Crippen molar-refractivity contribution in [2.24, 2.45) is 0 Å². The summed E-state index contributed by atoms with van der Waals surface area (Å²) in [5.74, 6) is 0.115. The predicted octanol–water partition coefficient (Wildman–Crippen LogP) is 5.03. The van der Waals surface area contributed by atoms with Crippen LogP contribution in [0.2, 0.25) is 0 Å². The molecular weight excluding hydrogens is 416 g/mol. The third kappa shape index (κ3) is 4.20. The average molecular weight is 443 g/mol. The van der Waals surface area contributed by atoms with Crippen molar-refractivity contribution < 1.29 is 19.1 Å². The van der Waals surface area contributed by atoms with Crippen LogP contribution in [0.1, 0.15) is 22.3 Å². The molecule has 6 nitrogen and oxygen atoms in total. The van der Waals surface area contributed by atoms with Crippen LogP contribution in [0, 0.1) is 20.8 Å². The first-order valence-electron chi connectivity index (χ1n) is 10.6. The van der Waals surface area contributed by atoms with E-state index in [1.807, 2.05) is 63.2 Å². The van der Waals surface area contributed by atoms with Gasteiger partial charge in [-0.2, -0.15) is 0 Å². The van der Waals surface area contributed by atoms with Crippen LogP contribution in [-0.4, -0.2) is 26.0 Å². The number of methoxy groups -OCH3 is 2. The van der Waals surface area contributed by atoms with Crippen molar-refractivity contribution in [3.05, 3.63) is 88.6 Å². The number of hydrogen-bond donors (Lipinski definition) is 1. The number of aryl methyl sites for hydroxylation is 3. The number of rotatable bonds is 6. The van der Waals surface area contributed by atoms with Gasteiger partial charge in [0, 0.05) is 23.9 Å². The minimum absolute atomic E-state index is 0.230. The Hall–Kier alpha value is -4.06. The van der Waals surface area contributed by atoms with Gasteiger partial charge >= 0.3 is 0 Å². The number of hydrogen-bond acceptors (Lipinski definition) is 5. The van der Waals surface area contributed by atoms with E-state index in [9.17, 15) is 9.59 Å². The van der Waals surface area contributed by atoms with E-state index in [2.05, 4.69) is 5.32 Å². The topological polar surface area (TPSA) is 67.9 Å². The number of nitrogens with one attached hydrogen (secondary N) is 1. The highest BCUT2D eigenvalue weighted by atomic mass is 16.5. The van der Waals surface area contributed by atoms with Crippen molar-refractivity contribution in [3.63, 3.8) is 0 Å². The summed E-state index contributed by atoms with van der Waals surface area (Å²) in [5, 5.41) is 3.21. The van der Waals surface area contributed by atoms with Crippen LogP contribution in [0.15, 0.2) is 66.4 Å². The highest BCUT2D eigenvalue weighted by Gasteiger charge is 2.40. The van der Waals surface area contributed by atoms with Gasteiger partial charge in [-0.15, -0.1) is 0 Å². The molecule has 6 heteroatoms. The van der Waals surface area contributed by atoms with Gasteiger partial charge in [0.2, 0.25) is 0 Å². The Morgan fingerprint density at radius 2 is 1.36 bits per heavy atom. The van der Waals surface area contributed by atoms with Crippen molar-refractivity contribution in [1.82, 2.24) is 0 Å². The molecular formula is C27H26N2O4. The van der Waals surface area contributed by atoms with Crippen LogP contribution in [0.4, 0.5) is 11.4 Å². The molecule has 0 bridgehead atoms. The molecule has 1 aliphatic rings. The Morgan fingerprint density at radius 3 is 1.94 bits per heavy atom. The lowest BCUT2D eigenvalue weighted by molar-refractivity contribution is -0.120. The number of benzene rings is 3. The molecule has 0 spiro atoms. The van der Waals surface area contributed by atoms with Crippen molar-refractivity contribution in [1.29, 1.82) is 0 Å². The summed E-state index contributed by atoms with van der Waals surface area (Å²) < 4.78 is 10.7. The molecule has 33 heavy (non-hydrogen) atoms. The maximum absolute atomic E-state index is 13.6. The molecule has 0 saturated heterocycles. The Labute approximate surface area is 193 Å². The maximum atomic E-state index is 13.6. The van der Waals surface area contributed by atoms with E-state index in [-0.39, 0.29) is 5.70 Å². The molecule has 0 fully saturated rings. The normalized spacial score (nSPS) is 13.5. The molecule has 0 radical (unpaired) electrons. The minimum atomic E-state index is -0.441. The van der Waals surface area contributed by atoms with Gasteiger partial charge in [0.25, 0.3) is 11.8 Å². The number of carbonyl (C=O) groups is 2. The standard InChI is InChI=1S/C27H26N2O4/c1-16-6-9-19(10-7-16)24-25(28-20-11-8-17(2)18(3)12-20)27(31)29(26(24)30)21-13-22(32-4)15-23(14-21)33-5/h6-15,28H,1-5H3. The molecule has 0 saturated carbocycles. The number of imide groups is 1. The molecule has 168 valence electrons. The van der Waals surface area contributed by atoms with Gasteiger partial charge in [0.05, 0.1) is 25.5 Å². The molecule has 0 unspecified atom stereocenters. The molecule has 1 aliphatic heterocycles. The molecule has 2 amide bonds. The van der Waals surface area contributed by atoms with E-state index >= 15 is 0 Å². The highest BCUT2D eigenvalue weighted by molar-refractivity contribution is 6.46. The molecule has 3 aromatic rings. The summed E-state index contributed by atoms with van der Waals surface area (Å²) in [6.07, 6.45) is 0. The quantitative estimate of drug-likeness (QED) is 0.543. The zero-order valence-corrected chi connectivity index (χ0v) is 19.4. The number of ether oxygens (including phenoxy) is 2. The van der Waals surface area contributed by atoms with Crippen LogP contribution in [0.3, 0.4) is 0 Å². The zero-order valence-electron chi connectivity index (χ0n) is 19.4. The second kappa shape index (κ2) is 8.82. The van der Waals surface area contributed by atoms with Gasteiger partial charge in [-0.25, -0.2) is 4.90 Å². The first-order valence-corrected chi connectivity index (χ1v) is 10.6. The van der Waals surface area contributed by atoms with Gasteiger partial charge in [-0.3, -0.25) is 9.59 Å². The predicted molar refractivity (Wildman–Crippen MR) is 130 cm³/mol. The van der Waals surface area contributed by atoms with E-state index in [4.69, 9.17) is 9.47 Å². The summed E-state index contributed by atoms with van der Waals surface area (Å²) in [6, 6.07) is 18.4. The SMILES string of the molecule is COc1cc(OC)cc(N2C(=O)C(Nc3ccc(C)c(C)c3)=C(c3ccc(C)cc3)C2=O)c1. The van der Waals surface area contributed by atoms with E-state index < -0.39 is 11.8 Å². The van der Waals surface area contributed by atoms with Crippen molar-refractivity contribution >= 4 is 28.8 Å². The van der Waals surface area contributed by atoms with Crippen LogP contribution < -0.4 is 19.7 Å². The van der Waals surface area contributed by atoms with Crippen LogP contribution in [0.5, 0.6) is 11.5 Å². The van der Waals surface area contributed by atoms with Gasteiger partial charge < -0.3 is 14.8 Å². The Bertz CT molecular complexity index is 1250. The summed E-state index contributed by atoms with van der Waals surface area (Å²) in [5.41, 5.74) is 5.63. The number of amides is 2. The Kier molecular flexibility index (Phi) is 5.92. The smallest absolute Gasteiger partial charge is 0.282 e. The van der Waals surface area contributed by atoms with Gasteiger partial charge in [0.15, 0.2) is 0 Å². The molecule has 4 rings (SSSR count). The summed E-state index contributed by atoms with van der Waals surface area (Å²) >= 11 is 0. The molecule has 1 heterocycles. The Morgan fingerprint density at radius 1 is 0.727 bits per heavy atom. The third-order valence-corrected chi connectivity index (χ3v) is 5.79. The first-order chi connectivity index (χ1) is 15.8. The summed E-state index contributed by atoms with van der Waals surface area (Å²) in [6.45, 7) is 6.01. The number of carbonyl (C=O) groups excluding carboxylic acids is 2. The van der Waals surface area contributed by atoms with Crippen LogP contribution in [0.25, 0.3) is 5.57 Å². The maximum Gasteiger partial charge on any atom is 0.282 e. The molecule has 0 aliphatic carbocycles. The lowest BCUT2D eigenvalue weighted by atomic mass is 10.0. The summed E-state index contributed by atoms with van der Waals surface area (Å²) in [4.78, 5) is 28.4. The van der Waals surface area contributed by atoms with Crippen molar-refractivity contribution in [3.8, 4) is 11.5 Å². The second-order valence-corrected chi connectivity index (χ2v) is 8.06. The summed E-state index contributed by atoms with van der Waals surface area (Å²) in [7, 11) is 3.05. The fraction of sp³-hybridized carbons (Fsp3) is 0.185. The van der Waals surface area contributed by atoms with Crippen LogP contribution >= 0.6 is 0 Å². The van der Waals surface area contributed by atoms with Gasteiger partial charge in [0.1, 0.15) is 17.2 Å². The van der Waals surface area contributed by atoms with E-state index in [1.54, 1.807) is 18.2 Å². The minimum Gasteiger partial charge on any atom is -0.497 e. The first kappa shape index (κ1) is 22.1. The van der Waals surface area contributed by atoms with Crippen LogP contribution in [-0.2, 0) is 9.59 Å². The number of anilines is 2. The molecule has 3 aromatic carbocycles. The van der Waals surface area contributed by atoms with Gasteiger partial charge in [-0.05, 0) is 49.6 Å². The number of nitrogens with zero attached hydrogens (tertiary/aromatic N) is 1. The molecule has 1 N–H and O–H groups in total. The van der Waals surface area contributed by atoms with Crippen molar-refractivity contribution in [2.45, 2.75) is 20.8 Å². The highest BCUT2D eigenvalue weighted by Crippen LogP contribution is 2.37. The fourth-order valence-electron chi connectivity index (χ4n) is 3.75. The average Bonchev–Trinajstić information content (AvgIpc) is 3.05. The zero-order chi connectivity index (χ0) is 23.7. The third-order valence-electron chi connectivity index (χ3n) is 5.79.